The van der Waals surface area contributed by atoms with E-state index in [9.17, 15) is 8.42 Å². The maximum Gasteiger partial charge on any atom is 0.246 e. The zero-order valence-electron chi connectivity index (χ0n) is 12.7. The number of nitrogens with one attached hydrogen (secondary N) is 1. The van der Waals surface area contributed by atoms with Crippen molar-refractivity contribution in [2.75, 3.05) is 20.6 Å². The van der Waals surface area contributed by atoms with Crippen LogP contribution in [-0.2, 0) is 16.6 Å². The van der Waals surface area contributed by atoms with Crippen molar-refractivity contribution in [3.63, 3.8) is 0 Å². The first-order chi connectivity index (χ1) is 9.34. The number of rotatable bonds is 7. The van der Waals surface area contributed by atoms with E-state index in [2.05, 4.69) is 10.4 Å². The van der Waals surface area contributed by atoms with E-state index in [0.29, 0.717) is 16.6 Å². The minimum atomic E-state index is -3.42. The molecule has 0 atom stereocenters. The Hall–Kier alpha value is -0.920. The van der Waals surface area contributed by atoms with Crippen molar-refractivity contribution in [2.24, 2.45) is 0 Å². The largest absolute Gasteiger partial charge is 0.314 e. The quantitative estimate of drug-likeness (QED) is 0.760. The lowest BCUT2D eigenvalue weighted by Gasteiger charge is -2.11. The Morgan fingerprint density at radius 1 is 1.35 bits per heavy atom. The molecule has 7 heteroatoms. The number of nitrogens with zero attached hydrogens (tertiary/aromatic N) is 3. The fourth-order valence-corrected chi connectivity index (χ4v) is 3.53. The summed E-state index contributed by atoms with van der Waals surface area (Å²) in [4.78, 5) is 0.345. The highest BCUT2D eigenvalue weighted by atomic mass is 32.2. The summed E-state index contributed by atoms with van der Waals surface area (Å²) in [5.41, 5.74) is 1.30. The van der Waals surface area contributed by atoms with Crippen LogP contribution in [0, 0.1) is 13.8 Å². The van der Waals surface area contributed by atoms with Gasteiger partial charge in [-0.1, -0.05) is 0 Å². The zero-order valence-corrected chi connectivity index (χ0v) is 13.5. The van der Waals surface area contributed by atoms with E-state index in [0.717, 1.165) is 25.2 Å². The minimum Gasteiger partial charge on any atom is -0.314 e. The standard InChI is InChI=1S/C13H24N4O2S/c1-10-13(20(18,19)16(3)4)11(2)17(15-10)9-5-8-14-12-6-7-12/h12,14H,5-9H2,1-4H3. The molecule has 0 saturated heterocycles. The summed E-state index contributed by atoms with van der Waals surface area (Å²) >= 11 is 0. The molecule has 0 radical (unpaired) electrons. The number of sulfonamides is 1. The van der Waals surface area contributed by atoms with Gasteiger partial charge >= 0.3 is 0 Å². The molecule has 6 nitrogen and oxygen atoms in total. The van der Waals surface area contributed by atoms with Gasteiger partial charge in [0.2, 0.25) is 10.0 Å². The van der Waals surface area contributed by atoms with Crippen LogP contribution >= 0.6 is 0 Å². The first kappa shape index (κ1) is 15.5. The predicted molar refractivity (Wildman–Crippen MR) is 78.2 cm³/mol. The van der Waals surface area contributed by atoms with Crippen LogP contribution in [0.5, 0.6) is 0 Å². The Balaban J connectivity index is 2.07. The highest BCUT2D eigenvalue weighted by Gasteiger charge is 2.26. The van der Waals surface area contributed by atoms with Crippen LogP contribution in [0.15, 0.2) is 4.90 Å². The summed E-state index contributed by atoms with van der Waals surface area (Å²) in [5, 5.41) is 7.82. The van der Waals surface area contributed by atoms with Gasteiger partial charge in [0.05, 0.1) is 11.4 Å². The Morgan fingerprint density at radius 3 is 2.55 bits per heavy atom. The van der Waals surface area contributed by atoms with E-state index >= 15 is 0 Å². The van der Waals surface area contributed by atoms with Gasteiger partial charge in [0.25, 0.3) is 0 Å². The zero-order chi connectivity index (χ0) is 14.9. The summed E-state index contributed by atoms with van der Waals surface area (Å²) < 4.78 is 27.6. The maximum absolute atomic E-state index is 12.3. The second-order valence-electron chi connectivity index (χ2n) is 5.59. The Bertz CT molecular complexity index is 573. The van der Waals surface area contributed by atoms with Crippen molar-refractivity contribution in [2.45, 2.75) is 50.6 Å². The molecule has 2 rings (SSSR count). The van der Waals surface area contributed by atoms with Crippen LogP contribution < -0.4 is 5.32 Å². The second kappa shape index (κ2) is 5.83. The van der Waals surface area contributed by atoms with Gasteiger partial charge in [0.15, 0.2) is 0 Å². The van der Waals surface area contributed by atoms with Gasteiger partial charge < -0.3 is 5.32 Å². The molecular weight excluding hydrogens is 276 g/mol. The molecule has 114 valence electrons. The third-order valence-electron chi connectivity index (χ3n) is 3.61. The van der Waals surface area contributed by atoms with Gasteiger partial charge in [-0.05, 0) is 39.7 Å². The Kier molecular flexibility index (Phi) is 4.51. The summed E-state index contributed by atoms with van der Waals surface area (Å²) in [6.07, 6.45) is 3.52. The lowest BCUT2D eigenvalue weighted by molar-refractivity contribution is 0.516. The normalized spacial score (nSPS) is 16.1. The topological polar surface area (TPSA) is 67.2 Å². The van der Waals surface area contributed by atoms with Crippen LogP contribution in [0.2, 0.25) is 0 Å². The monoisotopic (exact) mass is 300 g/mol. The smallest absolute Gasteiger partial charge is 0.246 e. The molecule has 0 spiro atoms. The highest BCUT2D eigenvalue weighted by molar-refractivity contribution is 7.89. The van der Waals surface area contributed by atoms with E-state index in [1.54, 1.807) is 25.7 Å². The Labute approximate surface area is 121 Å². The molecule has 1 saturated carbocycles. The van der Waals surface area contributed by atoms with Gasteiger partial charge in [-0.15, -0.1) is 0 Å². The van der Waals surface area contributed by atoms with Gasteiger partial charge in [-0.2, -0.15) is 5.10 Å². The summed E-state index contributed by atoms with van der Waals surface area (Å²) in [6, 6.07) is 0.708. The van der Waals surface area contributed by atoms with Gasteiger partial charge in [0.1, 0.15) is 4.90 Å². The minimum absolute atomic E-state index is 0.345. The fourth-order valence-electron chi connectivity index (χ4n) is 2.28. The van der Waals surface area contributed by atoms with Crippen molar-refractivity contribution >= 4 is 10.0 Å². The van der Waals surface area contributed by atoms with Crippen LogP contribution in [0.25, 0.3) is 0 Å². The van der Waals surface area contributed by atoms with Crippen molar-refractivity contribution in [1.29, 1.82) is 0 Å². The molecule has 0 amide bonds. The molecule has 1 fully saturated rings. The SMILES string of the molecule is Cc1nn(CCCNC2CC2)c(C)c1S(=O)(=O)N(C)C. The van der Waals surface area contributed by atoms with Crippen LogP contribution in [0.4, 0.5) is 0 Å². The van der Waals surface area contributed by atoms with Crippen LogP contribution in [0.3, 0.4) is 0 Å². The number of aromatic nitrogens is 2. The van der Waals surface area contributed by atoms with Crippen molar-refractivity contribution in [3.8, 4) is 0 Å². The third-order valence-corrected chi connectivity index (χ3v) is 5.68. The summed E-state index contributed by atoms with van der Waals surface area (Å²) in [7, 11) is -0.324. The molecule has 20 heavy (non-hydrogen) atoms. The molecule has 1 N–H and O–H groups in total. The number of hydrogen-bond donors (Lipinski definition) is 1. The number of aryl methyl sites for hydroxylation is 2. The molecule has 1 aromatic heterocycles. The highest BCUT2D eigenvalue weighted by Crippen LogP contribution is 2.22. The van der Waals surface area contributed by atoms with Gasteiger partial charge in [-0.3, -0.25) is 4.68 Å². The predicted octanol–water partition coefficient (Wildman–Crippen LogP) is 0.892. The molecule has 0 unspecified atom stereocenters. The third kappa shape index (κ3) is 3.21. The van der Waals surface area contributed by atoms with Gasteiger partial charge in [-0.25, -0.2) is 12.7 Å². The van der Waals surface area contributed by atoms with E-state index in [-0.39, 0.29) is 0 Å². The molecule has 1 aliphatic carbocycles. The van der Waals surface area contributed by atoms with Crippen molar-refractivity contribution in [1.82, 2.24) is 19.4 Å². The van der Waals surface area contributed by atoms with E-state index in [1.165, 1.54) is 17.1 Å². The lowest BCUT2D eigenvalue weighted by atomic mass is 10.3. The van der Waals surface area contributed by atoms with Crippen molar-refractivity contribution in [3.05, 3.63) is 11.4 Å². The second-order valence-corrected chi connectivity index (χ2v) is 7.68. The molecule has 0 aliphatic heterocycles. The molecule has 0 aromatic carbocycles. The summed E-state index contributed by atoms with van der Waals surface area (Å²) in [6.45, 7) is 5.28. The van der Waals surface area contributed by atoms with Crippen molar-refractivity contribution < 1.29 is 8.42 Å². The molecular formula is C13H24N4O2S. The fraction of sp³-hybridized carbons (Fsp3) is 0.769. The van der Waals surface area contributed by atoms with Crippen LogP contribution in [-0.4, -0.2) is 49.2 Å². The van der Waals surface area contributed by atoms with E-state index in [4.69, 9.17) is 0 Å². The van der Waals surface area contributed by atoms with E-state index < -0.39 is 10.0 Å². The first-order valence-electron chi connectivity index (χ1n) is 7.04. The van der Waals surface area contributed by atoms with Gasteiger partial charge in [0, 0.05) is 26.7 Å². The molecule has 1 aliphatic rings. The lowest BCUT2D eigenvalue weighted by Crippen LogP contribution is -2.23. The van der Waals surface area contributed by atoms with E-state index in [1.807, 2.05) is 6.92 Å². The maximum atomic E-state index is 12.3. The average Bonchev–Trinajstić information content (AvgIpc) is 3.11. The first-order valence-corrected chi connectivity index (χ1v) is 8.48. The summed E-state index contributed by atoms with van der Waals surface area (Å²) in [5.74, 6) is 0. The molecule has 1 aromatic rings. The molecule has 1 heterocycles. The average molecular weight is 300 g/mol. The molecule has 0 bridgehead atoms. The Morgan fingerprint density at radius 2 is 2.00 bits per heavy atom. The number of hydrogen-bond acceptors (Lipinski definition) is 4. The van der Waals surface area contributed by atoms with Crippen LogP contribution in [0.1, 0.15) is 30.7 Å².